The number of para-hydroxylation sites is 1. The quantitative estimate of drug-likeness (QED) is 0.631. The van der Waals surface area contributed by atoms with E-state index in [1.165, 1.54) is 0 Å². The van der Waals surface area contributed by atoms with Gasteiger partial charge in [-0.15, -0.1) is 0 Å². The van der Waals surface area contributed by atoms with Gasteiger partial charge >= 0.3 is 0 Å². The number of amides is 1. The van der Waals surface area contributed by atoms with Crippen LogP contribution in [0.4, 0.5) is 11.6 Å². The Bertz CT molecular complexity index is 1160. The molecule has 2 aromatic heterocycles. The predicted octanol–water partition coefficient (Wildman–Crippen LogP) is 4.07. The number of aryl methyl sites for hydroxylation is 4. The molecular formula is C25H29N5O3. The highest BCUT2D eigenvalue weighted by molar-refractivity contribution is 5.97. The molecule has 0 spiro atoms. The monoisotopic (exact) mass is 447 g/mol. The van der Waals surface area contributed by atoms with Crippen molar-refractivity contribution in [3.63, 3.8) is 0 Å². The number of carbonyl (C=O) groups is 1. The largest absolute Gasteiger partial charge is 0.496 e. The Hall–Kier alpha value is -3.52. The molecular weight excluding hydrogens is 418 g/mol. The molecule has 1 aliphatic rings. The highest BCUT2D eigenvalue weighted by Gasteiger charge is 2.29. The molecule has 0 bridgehead atoms. The SMILES string of the molecule is COc1c(C)cccc1C(=O)N1CCO[C@H](c2cc(Nc3nc(C)cc(C)n3)cc(C)n2)C1. The van der Waals surface area contributed by atoms with Crippen molar-refractivity contribution >= 4 is 17.5 Å². The third kappa shape index (κ3) is 5.12. The molecule has 3 heterocycles. The minimum atomic E-state index is -0.334. The number of ether oxygens (including phenoxy) is 2. The van der Waals surface area contributed by atoms with Crippen LogP contribution in [0.15, 0.2) is 36.4 Å². The highest BCUT2D eigenvalue weighted by atomic mass is 16.5. The maximum atomic E-state index is 13.3. The summed E-state index contributed by atoms with van der Waals surface area (Å²) in [5.74, 6) is 1.08. The molecule has 1 N–H and O–H groups in total. The van der Waals surface area contributed by atoms with Gasteiger partial charge in [-0.05, 0) is 57.5 Å². The number of benzene rings is 1. The average Bonchev–Trinajstić information content (AvgIpc) is 2.77. The number of carbonyl (C=O) groups excluding carboxylic acids is 1. The van der Waals surface area contributed by atoms with Crippen LogP contribution < -0.4 is 10.1 Å². The number of hydrogen-bond acceptors (Lipinski definition) is 7. The van der Waals surface area contributed by atoms with Gasteiger partial charge in [-0.1, -0.05) is 12.1 Å². The summed E-state index contributed by atoms with van der Waals surface area (Å²) in [6, 6.07) is 11.4. The van der Waals surface area contributed by atoms with Crippen LogP contribution in [0.5, 0.6) is 5.75 Å². The lowest BCUT2D eigenvalue weighted by molar-refractivity contribution is -0.0248. The van der Waals surface area contributed by atoms with Crippen molar-refractivity contribution in [2.75, 3.05) is 32.1 Å². The van der Waals surface area contributed by atoms with E-state index in [0.717, 1.165) is 34.0 Å². The first-order chi connectivity index (χ1) is 15.8. The molecule has 1 fully saturated rings. The van der Waals surface area contributed by atoms with E-state index in [4.69, 9.17) is 9.47 Å². The van der Waals surface area contributed by atoms with Crippen LogP contribution in [0.25, 0.3) is 0 Å². The molecule has 8 nitrogen and oxygen atoms in total. The number of aromatic nitrogens is 3. The molecule has 0 radical (unpaired) electrons. The van der Waals surface area contributed by atoms with Gasteiger partial charge in [-0.25, -0.2) is 9.97 Å². The molecule has 0 aliphatic carbocycles. The highest BCUT2D eigenvalue weighted by Crippen LogP contribution is 2.29. The Morgan fingerprint density at radius 1 is 1.06 bits per heavy atom. The zero-order chi connectivity index (χ0) is 23.5. The summed E-state index contributed by atoms with van der Waals surface area (Å²) in [4.78, 5) is 28.7. The summed E-state index contributed by atoms with van der Waals surface area (Å²) in [5, 5.41) is 3.27. The summed E-state index contributed by atoms with van der Waals surface area (Å²) in [5.41, 5.74) is 5.71. The zero-order valence-electron chi connectivity index (χ0n) is 19.7. The topological polar surface area (TPSA) is 89.5 Å². The van der Waals surface area contributed by atoms with Crippen LogP contribution in [0.1, 0.15) is 44.8 Å². The number of rotatable bonds is 5. The van der Waals surface area contributed by atoms with E-state index in [2.05, 4.69) is 20.3 Å². The third-order valence-electron chi connectivity index (χ3n) is 5.54. The minimum Gasteiger partial charge on any atom is -0.496 e. The second-order valence-electron chi connectivity index (χ2n) is 8.29. The van der Waals surface area contributed by atoms with Crippen molar-refractivity contribution < 1.29 is 14.3 Å². The van der Waals surface area contributed by atoms with Crippen LogP contribution in [-0.4, -0.2) is 52.6 Å². The molecule has 172 valence electrons. The van der Waals surface area contributed by atoms with Gasteiger partial charge in [0, 0.05) is 29.3 Å². The molecule has 33 heavy (non-hydrogen) atoms. The number of hydrogen-bond donors (Lipinski definition) is 1. The van der Waals surface area contributed by atoms with Crippen molar-refractivity contribution in [2.24, 2.45) is 0 Å². The predicted molar refractivity (Wildman–Crippen MR) is 126 cm³/mol. The van der Waals surface area contributed by atoms with E-state index in [0.29, 0.717) is 37.0 Å². The lowest BCUT2D eigenvalue weighted by atomic mass is 10.1. The molecule has 1 atom stereocenters. The minimum absolute atomic E-state index is 0.0708. The zero-order valence-corrected chi connectivity index (χ0v) is 19.7. The summed E-state index contributed by atoms with van der Waals surface area (Å²) in [7, 11) is 1.59. The van der Waals surface area contributed by atoms with Gasteiger partial charge in [-0.3, -0.25) is 9.78 Å². The van der Waals surface area contributed by atoms with E-state index < -0.39 is 0 Å². The van der Waals surface area contributed by atoms with Crippen LogP contribution >= 0.6 is 0 Å². The van der Waals surface area contributed by atoms with Gasteiger partial charge in [0.1, 0.15) is 11.9 Å². The number of nitrogens with zero attached hydrogens (tertiary/aromatic N) is 4. The maximum absolute atomic E-state index is 13.3. The van der Waals surface area contributed by atoms with Gasteiger partial charge in [0.05, 0.1) is 31.5 Å². The number of pyridine rings is 1. The maximum Gasteiger partial charge on any atom is 0.257 e. The van der Waals surface area contributed by atoms with Crippen LogP contribution in [0.2, 0.25) is 0 Å². The van der Waals surface area contributed by atoms with Gasteiger partial charge < -0.3 is 19.7 Å². The van der Waals surface area contributed by atoms with Gasteiger partial charge in [0.25, 0.3) is 5.91 Å². The van der Waals surface area contributed by atoms with Crippen molar-refractivity contribution in [1.29, 1.82) is 0 Å². The first-order valence-corrected chi connectivity index (χ1v) is 11.0. The Morgan fingerprint density at radius 2 is 1.79 bits per heavy atom. The number of nitrogens with one attached hydrogen (secondary N) is 1. The molecule has 4 rings (SSSR count). The number of anilines is 2. The van der Waals surface area contributed by atoms with Crippen LogP contribution in [0.3, 0.4) is 0 Å². The number of morpholine rings is 1. The average molecular weight is 448 g/mol. The van der Waals surface area contributed by atoms with Crippen LogP contribution in [-0.2, 0) is 4.74 Å². The Labute approximate surface area is 194 Å². The lowest BCUT2D eigenvalue weighted by Crippen LogP contribution is -2.42. The van der Waals surface area contributed by atoms with E-state index >= 15 is 0 Å². The summed E-state index contributed by atoms with van der Waals surface area (Å²) in [6.45, 7) is 9.10. The summed E-state index contributed by atoms with van der Waals surface area (Å²) >= 11 is 0. The molecule has 1 amide bonds. The molecule has 3 aromatic rings. The van der Waals surface area contributed by atoms with E-state index in [1.807, 2.05) is 58.0 Å². The third-order valence-corrected chi connectivity index (χ3v) is 5.54. The van der Waals surface area contributed by atoms with E-state index in [9.17, 15) is 4.79 Å². The van der Waals surface area contributed by atoms with Gasteiger partial charge in [-0.2, -0.15) is 0 Å². The first kappa shape index (κ1) is 22.7. The van der Waals surface area contributed by atoms with Gasteiger partial charge in [0.15, 0.2) is 0 Å². The first-order valence-electron chi connectivity index (χ1n) is 11.0. The molecule has 1 aromatic carbocycles. The van der Waals surface area contributed by atoms with E-state index in [-0.39, 0.29) is 12.0 Å². The second kappa shape index (κ2) is 9.54. The Balaban J connectivity index is 1.56. The van der Waals surface area contributed by atoms with Crippen molar-refractivity contribution in [3.05, 3.63) is 70.3 Å². The molecule has 8 heteroatoms. The number of methoxy groups -OCH3 is 1. The van der Waals surface area contributed by atoms with E-state index in [1.54, 1.807) is 18.1 Å². The summed E-state index contributed by atoms with van der Waals surface area (Å²) < 4.78 is 11.5. The fourth-order valence-electron chi connectivity index (χ4n) is 4.12. The molecule has 0 unspecified atom stereocenters. The fourth-order valence-corrected chi connectivity index (χ4v) is 4.12. The fraction of sp³-hybridized carbons (Fsp3) is 0.360. The summed E-state index contributed by atoms with van der Waals surface area (Å²) in [6.07, 6.45) is -0.334. The standard InChI is InChI=1S/C25H29N5O3/c1-15-7-6-8-20(23(15)32-5)24(31)30-9-10-33-22(14-30)21-13-19(12-18(4)26-21)29-25-27-16(2)11-17(3)28-25/h6-8,11-13,22H,9-10,14H2,1-5H3,(H,26,27,28,29)/t22-/m0/s1. The molecule has 0 saturated carbocycles. The van der Waals surface area contributed by atoms with Crippen LogP contribution in [0, 0.1) is 27.7 Å². The normalized spacial score (nSPS) is 15.9. The van der Waals surface area contributed by atoms with Gasteiger partial charge in [0.2, 0.25) is 5.95 Å². The van der Waals surface area contributed by atoms with Crippen molar-refractivity contribution in [2.45, 2.75) is 33.8 Å². The lowest BCUT2D eigenvalue weighted by Gasteiger charge is -2.33. The molecule has 1 saturated heterocycles. The Kier molecular flexibility index (Phi) is 6.55. The van der Waals surface area contributed by atoms with Crippen molar-refractivity contribution in [3.8, 4) is 5.75 Å². The van der Waals surface area contributed by atoms with Crippen molar-refractivity contribution in [1.82, 2.24) is 19.9 Å². The smallest absolute Gasteiger partial charge is 0.257 e. The molecule has 1 aliphatic heterocycles. The second-order valence-corrected chi connectivity index (χ2v) is 8.29. The Morgan fingerprint density at radius 3 is 2.52 bits per heavy atom.